The number of aromatic nitrogens is 1. The molecule has 1 aliphatic carbocycles. The predicted octanol–water partition coefficient (Wildman–Crippen LogP) is 1.91. The van der Waals surface area contributed by atoms with Crippen LogP contribution in [0.2, 0.25) is 5.02 Å². The van der Waals surface area contributed by atoms with Crippen LogP contribution in [-0.4, -0.2) is 84.4 Å². The molecule has 2 aliphatic rings. The number of aliphatic hydroxyl groups excluding tert-OH is 1. The number of aliphatic hydroxyl groups is 1. The van der Waals surface area contributed by atoms with Crippen LogP contribution >= 0.6 is 11.6 Å². The number of hydrogen-bond acceptors (Lipinski definition) is 6. The number of fused-ring (bicyclic) bond motifs is 1. The lowest BCUT2D eigenvalue weighted by atomic mass is 10.1. The monoisotopic (exact) mass is 471 g/mol. The molecule has 1 unspecified atom stereocenters. The highest BCUT2D eigenvalue weighted by Gasteiger charge is 2.41. The van der Waals surface area contributed by atoms with Crippen molar-refractivity contribution >= 4 is 34.2 Å². The summed E-state index contributed by atoms with van der Waals surface area (Å²) >= 11 is 6.60. The Kier molecular flexibility index (Phi) is 6.66. The van der Waals surface area contributed by atoms with Gasteiger partial charge in [-0.15, -0.1) is 0 Å². The highest BCUT2D eigenvalue weighted by molar-refractivity contribution is 6.38. The van der Waals surface area contributed by atoms with Crippen molar-refractivity contribution in [3.05, 3.63) is 38.9 Å². The first-order valence-electron chi connectivity index (χ1n) is 10.4. The van der Waals surface area contributed by atoms with E-state index in [-0.39, 0.29) is 41.2 Å². The zero-order valence-electron chi connectivity index (χ0n) is 17.3. The van der Waals surface area contributed by atoms with Gasteiger partial charge in [0.05, 0.1) is 47.5 Å². The number of aromatic carboxylic acids is 1. The zero-order chi connectivity index (χ0) is 23.0. The van der Waals surface area contributed by atoms with Crippen LogP contribution in [0.1, 0.15) is 22.8 Å². The molecule has 1 saturated carbocycles. The molecule has 2 atom stereocenters. The number of carboxylic acid groups (broad SMARTS) is 1. The van der Waals surface area contributed by atoms with E-state index in [0.29, 0.717) is 39.3 Å². The normalized spacial score (nSPS) is 21.3. The summed E-state index contributed by atoms with van der Waals surface area (Å²) in [6.45, 7) is 3.64. The van der Waals surface area contributed by atoms with E-state index in [1.807, 2.05) is 0 Å². The Balaban J connectivity index is 1.66. The number of carbonyl (C=O) groups is 1. The van der Waals surface area contributed by atoms with Gasteiger partial charge in [0, 0.05) is 45.3 Å². The van der Waals surface area contributed by atoms with E-state index >= 15 is 4.39 Å². The van der Waals surface area contributed by atoms with Crippen LogP contribution in [0.5, 0.6) is 0 Å². The molecule has 2 fully saturated rings. The molecule has 1 aromatic carbocycles. The van der Waals surface area contributed by atoms with Crippen molar-refractivity contribution in [2.24, 2.45) is 0 Å². The molecular formula is C21H24ClF2N3O5. The van der Waals surface area contributed by atoms with E-state index in [1.54, 1.807) is 4.90 Å². The molecule has 0 bridgehead atoms. The maximum absolute atomic E-state index is 15.1. The number of rotatable bonds is 8. The van der Waals surface area contributed by atoms with Crippen molar-refractivity contribution in [1.29, 1.82) is 0 Å². The number of nitrogens with zero attached hydrogens (tertiary/aromatic N) is 3. The molecular weight excluding hydrogens is 448 g/mol. The zero-order valence-corrected chi connectivity index (χ0v) is 18.0. The number of halogens is 3. The molecule has 8 nitrogen and oxygen atoms in total. The number of carboxylic acids is 1. The fourth-order valence-corrected chi connectivity index (χ4v) is 4.54. The molecule has 0 radical (unpaired) electrons. The SMILES string of the molecule is O=C(O)c1cn(C2C[C@@H]2F)c2c(Cl)c(N3CCN(CCOCCO)CC3)c(F)cc2c1=O. The van der Waals surface area contributed by atoms with Gasteiger partial charge in [0.25, 0.3) is 0 Å². The molecule has 174 valence electrons. The average molecular weight is 472 g/mol. The summed E-state index contributed by atoms with van der Waals surface area (Å²) in [5.41, 5.74) is -1.11. The minimum Gasteiger partial charge on any atom is -0.477 e. The highest BCUT2D eigenvalue weighted by atomic mass is 35.5. The summed E-state index contributed by atoms with van der Waals surface area (Å²) in [4.78, 5) is 28.1. The van der Waals surface area contributed by atoms with Crippen molar-refractivity contribution in [1.82, 2.24) is 9.47 Å². The van der Waals surface area contributed by atoms with Crippen LogP contribution < -0.4 is 10.3 Å². The van der Waals surface area contributed by atoms with Gasteiger partial charge in [0.15, 0.2) is 0 Å². The van der Waals surface area contributed by atoms with Gasteiger partial charge in [-0.3, -0.25) is 9.69 Å². The van der Waals surface area contributed by atoms with Crippen molar-refractivity contribution < 1.29 is 28.5 Å². The molecule has 4 rings (SSSR count). The Morgan fingerprint density at radius 1 is 1.25 bits per heavy atom. The van der Waals surface area contributed by atoms with Crippen LogP contribution in [0.25, 0.3) is 10.9 Å². The van der Waals surface area contributed by atoms with Crippen LogP contribution in [-0.2, 0) is 4.74 Å². The fourth-order valence-electron chi connectivity index (χ4n) is 4.13. The number of ether oxygens (including phenoxy) is 1. The van der Waals surface area contributed by atoms with E-state index in [1.165, 1.54) is 4.57 Å². The number of anilines is 1. The molecule has 11 heteroatoms. The van der Waals surface area contributed by atoms with E-state index < -0.39 is 35.0 Å². The lowest BCUT2D eigenvalue weighted by Crippen LogP contribution is -2.47. The fraction of sp³-hybridized carbons (Fsp3) is 0.524. The summed E-state index contributed by atoms with van der Waals surface area (Å²) < 4.78 is 35.7. The first-order valence-corrected chi connectivity index (χ1v) is 10.8. The topological polar surface area (TPSA) is 95.2 Å². The number of piperazine rings is 1. The summed E-state index contributed by atoms with van der Waals surface area (Å²) in [6.07, 6.45) is 0.107. The van der Waals surface area contributed by atoms with Crippen molar-refractivity contribution in [2.75, 3.05) is 57.4 Å². The van der Waals surface area contributed by atoms with Gasteiger partial charge in [-0.1, -0.05) is 11.6 Å². The van der Waals surface area contributed by atoms with Crippen LogP contribution in [0.4, 0.5) is 14.5 Å². The minimum absolute atomic E-state index is 0.0205. The largest absolute Gasteiger partial charge is 0.477 e. The Labute approximate surface area is 187 Å². The summed E-state index contributed by atoms with van der Waals surface area (Å²) in [7, 11) is 0. The van der Waals surface area contributed by atoms with Crippen LogP contribution in [0.15, 0.2) is 17.1 Å². The van der Waals surface area contributed by atoms with Gasteiger partial charge in [-0.2, -0.15) is 0 Å². The predicted molar refractivity (Wildman–Crippen MR) is 115 cm³/mol. The van der Waals surface area contributed by atoms with Gasteiger partial charge in [-0.05, 0) is 6.07 Å². The van der Waals surface area contributed by atoms with E-state index in [4.69, 9.17) is 21.4 Å². The number of pyridine rings is 1. The number of alkyl halides is 1. The maximum atomic E-state index is 15.1. The van der Waals surface area contributed by atoms with Gasteiger partial charge < -0.3 is 24.4 Å². The average Bonchev–Trinajstić information content (AvgIpc) is 3.49. The minimum atomic E-state index is -1.46. The summed E-state index contributed by atoms with van der Waals surface area (Å²) in [5, 5.41) is 17.9. The standard InChI is InChI=1S/C21H24ClF2N3O5/c22-17-18-12(20(29)13(21(30)31)11-27(18)16-10-14(16)23)9-15(24)19(17)26-3-1-25(2-4-26)5-7-32-8-6-28/h9,11,14,16,28H,1-8,10H2,(H,30,31)/t14-,16?/m0/s1. The Morgan fingerprint density at radius 2 is 1.94 bits per heavy atom. The van der Waals surface area contributed by atoms with E-state index in [2.05, 4.69) is 4.90 Å². The van der Waals surface area contributed by atoms with Crippen molar-refractivity contribution in [3.63, 3.8) is 0 Å². The molecule has 2 N–H and O–H groups in total. The Morgan fingerprint density at radius 3 is 2.53 bits per heavy atom. The third-order valence-electron chi connectivity index (χ3n) is 5.93. The van der Waals surface area contributed by atoms with Gasteiger partial charge in [0.2, 0.25) is 5.43 Å². The maximum Gasteiger partial charge on any atom is 0.341 e. The smallest absolute Gasteiger partial charge is 0.341 e. The highest BCUT2D eigenvalue weighted by Crippen LogP contribution is 2.44. The molecule has 2 heterocycles. The van der Waals surface area contributed by atoms with Gasteiger partial charge >= 0.3 is 5.97 Å². The first kappa shape index (κ1) is 22.9. The third-order valence-corrected chi connectivity index (χ3v) is 6.29. The second-order valence-corrected chi connectivity index (χ2v) is 8.36. The lowest BCUT2D eigenvalue weighted by molar-refractivity contribution is 0.0694. The van der Waals surface area contributed by atoms with Crippen molar-refractivity contribution in [2.45, 2.75) is 18.6 Å². The van der Waals surface area contributed by atoms with Crippen LogP contribution in [0, 0.1) is 5.82 Å². The van der Waals surface area contributed by atoms with E-state index in [9.17, 15) is 19.1 Å². The quantitative estimate of drug-likeness (QED) is 0.568. The lowest BCUT2D eigenvalue weighted by Gasteiger charge is -2.36. The van der Waals surface area contributed by atoms with E-state index in [0.717, 1.165) is 12.3 Å². The molecule has 0 spiro atoms. The molecule has 2 aromatic rings. The van der Waals surface area contributed by atoms with Crippen molar-refractivity contribution in [3.8, 4) is 0 Å². The number of benzene rings is 1. The summed E-state index contributed by atoms with van der Waals surface area (Å²) in [5.74, 6) is -2.18. The third kappa shape index (κ3) is 4.32. The van der Waals surface area contributed by atoms with Gasteiger partial charge in [0.1, 0.15) is 17.6 Å². The molecule has 0 amide bonds. The summed E-state index contributed by atoms with van der Waals surface area (Å²) in [6, 6.07) is 0.370. The molecule has 1 aliphatic heterocycles. The Bertz CT molecular complexity index is 1090. The number of hydrogen-bond donors (Lipinski definition) is 2. The molecule has 1 aromatic heterocycles. The molecule has 32 heavy (non-hydrogen) atoms. The molecule has 1 saturated heterocycles. The second kappa shape index (κ2) is 9.30. The first-order chi connectivity index (χ1) is 15.3. The van der Waals surface area contributed by atoms with Crippen LogP contribution in [0.3, 0.4) is 0 Å². The Hall–Kier alpha value is -2.27. The van der Waals surface area contributed by atoms with Gasteiger partial charge in [-0.25, -0.2) is 13.6 Å². The second-order valence-electron chi connectivity index (χ2n) is 7.99.